The van der Waals surface area contributed by atoms with E-state index in [1.54, 1.807) is 0 Å². The first-order valence-corrected chi connectivity index (χ1v) is 14.1. The van der Waals surface area contributed by atoms with Crippen molar-refractivity contribution in [2.75, 3.05) is 7.11 Å². The Bertz CT molecular complexity index is 982. The number of ether oxygens (including phenoxy) is 5. The Balaban J connectivity index is 1.55. The zero-order chi connectivity index (χ0) is 27.1. The van der Waals surface area contributed by atoms with Crippen molar-refractivity contribution in [1.82, 2.24) is 0 Å². The fraction of sp³-hybridized carbons (Fsp3) is 0.594. The summed E-state index contributed by atoms with van der Waals surface area (Å²) < 4.78 is 31.5. The molecule has 4 unspecified atom stereocenters. The van der Waals surface area contributed by atoms with E-state index in [0.717, 1.165) is 30.4 Å². The van der Waals surface area contributed by atoms with Gasteiger partial charge in [-0.25, -0.2) is 0 Å². The highest BCUT2D eigenvalue weighted by Crippen LogP contribution is 2.41. The molecule has 2 aromatic carbocycles. The van der Waals surface area contributed by atoms with E-state index in [2.05, 4.69) is 52.0 Å². The summed E-state index contributed by atoms with van der Waals surface area (Å²) >= 11 is 0. The molecule has 0 N–H and O–H groups in total. The van der Waals surface area contributed by atoms with Crippen LogP contribution >= 0.6 is 0 Å². The highest BCUT2D eigenvalue weighted by Gasteiger charge is 2.48. The number of carbonyl (C=O) groups excluding carboxylic acids is 1. The molecular formula is C32H44O6. The number of hydrogen-bond acceptors (Lipinski definition) is 6. The Morgan fingerprint density at radius 1 is 0.842 bits per heavy atom. The molecule has 2 fully saturated rings. The van der Waals surface area contributed by atoms with E-state index in [4.69, 9.17) is 23.7 Å². The number of benzene rings is 2. The van der Waals surface area contributed by atoms with E-state index in [0.29, 0.717) is 13.2 Å². The first kappa shape index (κ1) is 28.8. The maximum atomic E-state index is 12.3. The van der Waals surface area contributed by atoms with Crippen LogP contribution in [0.25, 0.3) is 0 Å². The third-order valence-corrected chi connectivity index (χ3v) is 8.39. The van der Waals surface area contributed by atoms with Gasteiger partial charge in [-0.1, -0.05) is 87.9 Å². The normalized spacial score (nSPS) is 33.6. The van der Waals surface area contributed by atoms with E-state index in [1.807, 2.05) is 36.4 Å². The minimum atomic E-state index is -0.568. The number of rotatable bonds is 10. The monoisotopic (exact) mass is 524 g/mol. The lowest BCUT2D eigenvalue weighted by molar-refractivity contribution is -0.321. The molecule has 1 saturated heterocycles. The van der Waals surface area contributed by atoms with Crippen molar-refractivity contribution >= 4 is 5.97 Å². The fourth-order valence-corrected chi connectivity index (χ4v) is 6.00. The molecule has 2 aromatic rings. The highest BCUT2D eigenvalue weighted by atomic mass is 16.7. The topological polar surface area (TPSA) is 63.2 Å². The second kappa shape index (κ2) is 13.7. The van der Waals surface area contributed by atoms with Crippen LogP contribution in [0.15, 0.2) is 60.7 Å². The highest BCUT2D eigenvalue weighted by molar-refractivity contribution is 5.72. The predicted molar refractivity (Wildman–Crippen MR) is 146 cm³/mol. The third-order valence-electron chi connectivity index (χ3n) is 8.39. The summed E-state index contributed by atoms with van der Waals surface area (Å²) in [6.07, 6.45) is 1.17. The van der Waals surface area contributed by atoms with E-state index in [-0.39, 0.29) is 48.0 Å². The van der Waals surface area contributed by atoms with Gasteiger partial charge in [-0.15, -0.1) is 0 Å². The van der Waals surface area contributed by atoms with Gasteiger partial charge in [-0.3, -0.25) is 4.79 Å². The van der Waals surface area contributed by atoms with Crippen LogP contribution in [0.4, 0.5) is 0 Å². The van der Waals surface area contributed by atoms with Gasteiger partial charge in [0.2, 0.25) is 0 Å². The minimum absolute atomic E-state index is 0.0379. The van der Waals surface area contributed by atoms with Gasteiger partial charge in [0.15, 0.2) is 6.29 Å². The molecule has 6 heteroatoms. The summed E-state index contributed by atoms with van der Waals surface area (Å²) in [5.74, 6) is 0.338. The Morgan fingerprint density at radius 3 is 1.97 bits per heavy atom. The smallest absolute Gasteiger partial charge is 0.308 e. The van der Waals surface area contributed by atoms with Crippen molar-refractivity contribution in [1.29, 1.82) is 0 Å². The summed E-state index contributed by atoms with van der Waals surface area (Å²) in [5, 5.41) is 0. The van der Waals surface area contributed by atoms with Crippen LogP contribution in [-0.2, 0) is 41.7 Å². The van der Waals surface area contributed by atoms with Gasteiger partial charge in [-0.05, 0) is 42.7 Å². The van der Waals surface area contributed by atoms with Crippen LogP contribution in [0.5, 0.6) is 0 Å². The summed E-state index contributed by atoms with van der Waals surface area (Å²) in [5.41, 5.74) is 2.22. The Morgan fingerprint density at radius 2 is 1.42 bits per heavy atom. The molecule has 1 heterocycles. The van der Waals surface area contributed by atoms with Crippen molar-refractivity contribution < 1.29 is 28.5 Å². The van der Waals surface area contributed by atoms with Gasteiger partial charge in [0.05, 0.1) is 44.6 Å². The van der Waals surface area contributed by atoms with Gasteiger partial charge < -0.3 is 23.7 Å². The van der Waals surface area contributed by atoms with Crippen LogP contribution in [0, 0.1) is 23.7 Å². The van der Waals surface area contributed by atoms with Crippen molar-refractivity contribution in [2.24, 2.45) is 23.7 Å². The number of carbonyl (C=O) groups is 1. The first-order valence-electron chi connectivity index (χ1n) is 14.1. The molecule has 6 nitrogen and oxygen atoms in total. The van der Waals surface area contributed by atoms with Crippen LogP contribution < -0.4 is 0 Å². The molecule has 0 amide bonds. The molecule has 0 bridgehead atoms. The van der Waals surface area contributed by atoms with Gasteiger partial charge in [0, 0.05) is 5.92 Å². The minimum Gasteiger partial charge on any atom is -0.469 e. The van der Waals surface area contributed by atoms with Crippen molar-refractivity contribution in [3.63, 3.8) is 0 Å². The predicted octanol–water partition coefficient (Wildman–Crippen LogP) is 6.17. The Hall–Kier alpha value is -2.25. The molecular weight excluding hydrogens is 480 g/mol. The second-order valence-electron chi connectivity index (χ2n) is 11.0. The lowest BCUT2D eigenvalue weighted by Crippen LogP contribution is -2.57. The summed E-state index contributed by atoms with van der Waals surface area (Å²) in [6.45, 7) is 9.52. The van der Waals surface area contributed by atoms with Crippen LogP contribution in [-0.4, -0.2) is 43.8 Å². The van der Waals surface area contributed by atoms with E-state index < -0.39 is 12.4 Å². The molecule has 4 rings (SSSR count). The van der Waals surface area contributed by atoms with Crippen molar-refractivity contribution in [2.45, 2.75) is 90.9 Å². The summed E-state index contributed by atoms with van der Waals surface area (Å²) in [6, 6.07) is 20.4. The summed E-state index contributed by atoms with van der Waals surface area (Å²) in [7, 11) is 1.47. The molecule has 2 aliphatic rings. The number of esters is 1. The van der Waals surface area contributed by atoms with E-state index in [9.17, 15) is 4.79 Å². The molecule has 1 aliphatic heterocycles. The average molecular weight is 525 g/mol. The van der Waals surface area contributed by atoms with Gasteiger partial charge >= 0.3 is 5.97 Å². The number of hydrogen-bond donors (Lipinski definition) is 0. The summed E-state index contributed by atoms with van der Waals surface area (Å²) in [4.78, 5) is 12.3. The second-order valence-corrected chi connectivity index (χ2v) is 11.0. The quantitative estimate of drug-likeness (QED) is 0.347. The molecule has 1 aliphatic carbocycles. The van der Waals surface area contributed by atoms with Crippen molar-refractivity contribution in [3.8, 4) is 0 Å². The standard InChI is InChI=1S/C32H44O6/c1-6-26-18-27(31(33)34-5)17-21(2)28(26)38-32-30(36-20-25-15-11-8-12-16-25)29(22(3)23(4)37-32)35-19-24-13-9-7-10-14-24/h7-16,21-23,26-30,32H,6,17-20H2,1-5H3/t21-,22-,23?,26-,27?,28?,29+,30?,32+/m1/s1. The van der Waals surface area contributed by atoms with Gasteiger partial charge in [0.25, 0.3) is 0 Å². The Kier molecular flexibility index (Phi) is 10.4. The lowest BCUT2D eigenvalue weighted by Gasteiger charge is -2.47. The molecule has 0 aromatic heterocycles. The zero-order valence-corrected chi connectivity index (χ0v) is 23.5. The Labute approximate surface area is 228 Å². The fourth-order valence-electron chi connectivity index (χ4n) is 6.00. The largest absolute Gasteiger partial charge is 0.469 e. The van der Waals surface area contributed by atoms with E-state index >= 15 is 0 Å². The number of methoxy groups -OCH3 is 1. The molecule has 208 valence electrons. The van der Waals surface area contributed by atoms with Crippen LogP contribution in [0.3, 0.4) is 0 Å². The van der Waals surface area contributed by atoms with E-state index in [1.165, 1.54) is 7.11 Å². The SMILES string of the molecule is CC[C@@H]1CC(C(=O)OC)C[C@@H](C)C1O[C@@H]1OC(C)[C@@H](C)[C@H](OCc2ccccc2)C1OCc1ccccc1. The third kappa shape index (κ3) is 7.03. The van der Waals surface area contributed by atoms with Gasteiger partial charge in [-0.2, -0.15) is 0 Å². The average Bonchev–Trinajstić information content (AvgIpc) is 2.94. The molecule has 0 radical (unpaired) electrons. The molecule has 9 atom stereocenters. The first-order chi connectivity index (χ1) is 18.4. The molecule has 1 saturated carbocycles. The van der Waals surface area contributed by atoms with Crippen LogP contribution in [0.1, 0.15) is 58.1 Å². The van der Waals surface area contributed by atoms with Crippen LogP contribution in [0.2, 0.25) is 0 Å². The zero-order valence-electron chi connectivity index (χ0n) is 23.5. The maximum Gasteiger partial charge on any atom is 0.308 e. The molecule has 38 heavy (non-hydrogen) atoms. The lowest BCUT2D eigenvalue weighted by atomic mass is 9.72. The van der Waals surface area contributed by atoms with Crippen molar-refractivity contribution in [3.05, 3.63) is 71.8 Å². The maximum absolute atomic E-state index is 12.3. The van der Waals surface area contributed by atoms with Gasteiger partial charge in [0.1, 0.15) is 6.10 Å². The molecule has 0 spiro atoms.